The number of carbonyl (C=O) groups is 2. The Bertz CT molecular complexity index is 221. The van der Waals surface area contributed by atoms with Gasteiger partial charge in [-0.3, -0.25) is 14.5 Å². The molecule has 0 saturated carbocycles. The second-order valence-corrected chi connectivity index (χ2v) is 2.42. The summed E-state index contributed by atoms with van der Waals surface area (Å²) in [5.41, 5.74) is 0. The van der Waals surface area contributed by atoms with E-state index in [0.29, 0.717) is 19.3 Å². The fourth-order valence-electron chi connectivity index (χ4n) is 0.797. The Balaban J connectivity index is 3.93. The first-order valence-corrected chi connectivity index (χ1v) is 4.04. The lowest BCUT2D eigenvalue weighted by Gasteiger charge is -2.12. The molecule has 5 heteroatoms. The van der Waals surface area contributed by atoms with Gasteiger partial charge in [0.15, 0.2) is 0 Å². The highest BCUT2D eigenvalue weighted by Gasteiger charge is 2.09. The van der Waals surface area contributed by atoms with Crippen LogP contribution in [-0.4, -0.2) is 36.4 Å². The maximum absolute atomic E-state index is 11.1. The van der Waals surface area contributed by atoms with Gasteiger partial charge in [0.25, 0.3) is 0 Å². The molecule has 0 aliphatic carbocycles. The summed E-state index contributed by atoms with van der Waals surface area (Å²) in [6, 6.07) is 0. The lowest BCUT2D eigenvalue weighted by Crippen LogP contribution is -2.31. The van der Waals surface area contributed by atoms with Crippen molar-refractivity contribution in [2.45, 2.75) is 19.8 Å². The van der Waals surface area contributed by atoms with E-state index in [1.807, 2.05) is 6.92 Å². The summed E-state index contributed by atoms with van der Waals surface area (Å²) in [5, 5.41) is 0. The van der Waals surface area contributed by atoms with Gasteiger partial charge in [0.2, 0.25) is 18.4 Å². The second kappa shape index (κ2) is 7.18. The zero-order chi connectivity index (χ0) is 10.1. The summed E-state index contributed by atoms with van der Waals surface area (Å²) in [7, 11) is 0. The minimum Gasteiger partial charge on any atom is -0.283 e. The summed E-state index contributed by atoms with van der Waals surface area (Å²) in [6.45, 7) is 2.12. The van der Waals surface area contributed by atoms with E-state index in [-0.39, 0.29) is 19.0 Å². The number of hydrogen-bond donors (Lipinski definition) is 0. The Morgan fingerprint density at radius 1 is 1.62 bits per heavy atom. The molecule has 0 rings (SSSR count). The molecule has 0 atom stereocenters. The molecular formula is C8H12N2O3. The van der Waals surface area contributed by atoms with Crippen LogP contribution in [0.1, 0.15) is 19.8 Å². The van der Waals surface area contributed by atoms with Gasteiger partial charge in [-0.05, 0) is 6.42 Å². The molecule has 5 nitrogen and oxygen atoms in total. The van der Waals surface area contributed by atoms with Crippen LogP contribution in [0.15, 0.2) is 4.99 Å². The van der Waals surface area contributed by atoms with Gasteiger partial charge in [-0.25, -0.2) is 9.79 Å². The van der Waals surface area contributed by atoms with Gasteiger partial charge < -0.3 is 0 Å². The number of aliphatic imine (C=N–C) groups is 1. The topological polar surface area (TPSA) is 66.8 Å². The summed E-state index contributed by atoms with van der Waals surface area (Å²) in [4.78, 5) is 35.5. The van der Waals surface area contributed by atoms with Crippen LogP contribution in [0.3, 0.4) is 0 Å². The van der Waals surface area contributed by atoms with E-state index in [0.717, 1.165) is 4.90 Å². The molecular weight excluding hydrogens is 172 g/mol. The molecule has 0 aliphatic heterocycles. The minimum absolute atomic E-state index is 0.123. The predicted molar refractivity (Wildman–Crippen MR) is 45.7 cm³/mol. The molecule has 0 aliphatic rings. The van der Waals surface area contributed by atoms with Crippen LogP contribution in [0.5, 0.6) is 0 Å². The van der Waals surface area contributed by atoms with Gasteiger partial charge in [0.05, 0.1) is 6.54 Å². The van der Waals surface area contributed by atoms with E-state index in [1.165, 1.54) is 6.08 Å². The van der Waals surface area contributed by atoms with Crippen LogP contribution < -0.4 is 0 Å². The molecule has 0 spiro atoms. The number of amides is 2. The van der Waals surface area contributed by atoms with Crippen LogP contribution in [0.25, 0.3) is 0 Å². The second-order valence-electron chi connectivity index (χ2n) is 2.42. The maximum atomic E-state index is 11.1. The van der Waals surface area contributed by atoms with Crippen LogP contribution in [0, 0.1) is 0 Å². The summed E-state index contributed by atoms with van der Waals surface area (Å²) < 4.78 is 0. The Kier molecular flexibility index (Phi) is 6.37. The molecule has 0 N–H and O–H groups in total. The zero-order valence-electron chi connectivity index (χ0n) is 7.52. The largest absolute Gasteiger partial charge is 0.283 e. The first-order valence-electron chi connectivity index (χ1n) is 4.04. The highest BCUT2D eigenvalue weighted by Crippen LogP contribution is 1.94. The van der Waals surface area contributed by atoms with E-state index < -0.39 is 0 Å². The van der Waals surface area contributed by atoms with Crippen molar-refractivity contribution in [2.75, 3.05) is 13.1 Å². The quantitative estimate of drug-likeness (QED) is 0.334. The summed E-state index contributed by atoms with van der Waals surface area (Å²) >= 11 is 0. The Labute approximate surface area is 76.4 Å². The van der Waals surface area contributed by atoms with E-state index in [2.05, 4.69) is 4.99 Å². The number of nitrogens with zero attached hydrogens (tertiary/aromatic N) is 2. The first-order chi connectivity index (χ1) is 6.26. The first kappa shape index (κ1) is 11.5. The smallest absolute Gasteiger partial charge is 0.235 e. The zero-order valence-corrected chi connectivity index (χ0v) is 7.52. The van der Waals surface area contributed by atoms with Crippen LogP contribution in [0.4, 0.5) is 0 Å². The summed E-state index contributed by atoms with van der Waals surface area (Å²) in [5.74, 6) is -0.237. The van der Waals surface area contributed by atoms with Crippen molar-refractivity contribution in [3.05, 3.63) is 0 Å². The predicted octanol–water partition coefficient (Wildman–Crippen LogP) is 0.107. The van der Waals surface area contributed by atoms with E-state index in [9.17, 15) is 14.4 Å². The number of imide groups is 1. The monoisotopic (exact) mass is 184 g/mol. The van der Waals surface area contributed by atoms with Crippen molar-refractivity contribution in [2.24, 2.45) is 4.99 Å². The van der Waals surface area contributed by atoms with Crippen molar-refractivity contribution < 1.29 is 14.4 Å². The van der Waals surface area contributed by atoms with E-state index in [1.54, 1.807) is 0 Å². The molecule has 0 saturated heterocycles. The highest BCUT2D eigenvalue weighted by atomic mass is 16.2. The third-order valence-electron chi connectivity index (χ3n) is 1.43. The maximum Gasteiger partial charge on any atom is 0.235 e. The van der Waals surface area contributed by atoms with Crippen molar-refractivity contribution in [3.63, 3.8) is 0 Å². The Hall–Kier alpha value is -1.48. The lowest BCUT2D eigenvalue weighted by molar-refractivity contribution is -0.137. The van der Waals surface area contributed by atoms with Gasteiger partial charge in [0, 0.05) is 13.0 Å². The van der Waals surface area contributed by atoms with E-state index in [4.69, 9.17) is 0 Å². The molecule has 0 aromatic heterocycles. The standard InChI is InChI=1S/C8H12N2O3/c1-2-3-8(13)10(7-12)5-4-9-6-11/h7H,2-5H2,1H3. The molecule has 0 radical (unpaired) electrons. The number of hydrogen-bond acceptors (Lipinski definition) is 4. The molecule has 0 bridgehead atoms. The number of isocyanates is 1. The van der Waals surface area contributed by atoms with Gasteiger partial charge in [-0.15, -0.1) is 0 Å². The highest BCUT2D eigenvalue weighted by molar-refractivity contribution is 5.85. The van der Waals surface area contributed by atoms with Crippen LogP contribution in [0.2, 0.25) is 0 Å². The minimum atomic E-state index is -0.237. The normalized spacial score (nSPS) is 8.69. The van der Waals surface area contributed by atoms with Crippen LogP contribution in [-0.2, 0) is 14.4 Å². The summed E-state index contributed by atoms with van der Waals surface area (Å²) in [6.07, 6.45) is 2.83. The fourth-order valence-corrected chi connectivity index (χ4v) is 0.797. The van der Waals surface area contributed by atoms with Gasteiger partial charge in [-0.1, -0.05) is 6.92 Å². The number of carbonyl (C=O) groups excluding carboxylic acids is 3. The Morgan fingerprint density at radius 2 is 2.31 bits per heavy atom. The molecule has 0 heterocycles. The van der Waals surface area contributed by atoms with Crippen molar-refractivity contribution in [3.8, 4) is 0 Å². The van der Waals surface area contributed by atoms with E-state index >= 15 is 0 Å². The number of rotatable bonds is 6. The molecule has 13 heavy (non-hydrogen) atoms. The SMILES string of the molecule is CCCC(=O)N(C=O)CCN=C=O. The van der Waals surface area contributed by atoms with Gasteiger partial charge in [0.1, 0.15) is 0 Å². The molecule has 0 aromatic rings. The third kappa shape index (κ3) is 4.87. The van der Waals surface area contributed by atoms with Crippen molar-refractivity contribution in [1.82, 2.24) is 4.90 Å². The molecule has 72 valence electrons. The van der Waals surface area contributed by atoms with Crippen molar-refractivity contribution >= 4 is 18.4 Å². The van der Waals surface area contributed by atoms with Crippen LogP contribution >= 0.6 is 0 Å². The third-order valence-corrected chi connectivity index (χ3v) is 1.43. The average Bonchev–Trinajstić information content (AvgIpc) is 2.13. The molecule has 0 unspecified atom stereocenters. The van der Waals surface area contributed by atoms with Crippen molar-refractivity contribution in [1.29, 1.82) is 0 Å². The van der Waals surface area contributed by atoms with Gasteiger partial charge in [-0.2, -0.15) is 0 Å². The average molecular weight is 184 g/mol. The molecule has 2 amide bonds. The molecule has 0 aromatic carbocycles. The van der Waals surface area contributed by atoms with Gasteiger partial charge >= 0.3 is 0 Å². The lowest BCUT2D eigenvalue weighted by atomic mass is 10.3. The fraction of sp³-hybridized carbons (Fsp3) is 0.625. The Morgan fingerprint density at radius 3 is 2.77 bits per heavy atom. The molecule has 0 fully saturated rings.